The van der Waals surface area contributed by atoms with E-state index in [1.165, 1.54) is 0 Å². The molecule has 0 aromatic heterocycles. The van der Waals surface area contributed by atoms with Crippen molar-refractivity contribution in [2.24, 2.45) is 0 Å². The highest BCUT2D eigenvalue weighted by Crippen LogP contribution is 2.13. The first kappa shape index (κ1) is 12.8. The van der Waals surface area contributed by atoms with Crippen molar-refractivity contribution < 1.29 is 18.8 Å². The van der Waals surface area contributed by atoms with E-state index >= 15 is 0 Å². The van der Waals surface area contributed by atoms with E-state index in [1.54, 1.807) is 0 Å². The van der Waals surface area contributed by atoms with Gasteiger partial charge in [-0.1, -0.05) is 0 Å². The van der Waals surface area contributed by atoms with Crippen LogP contribution in [0.25, 0.3) is 0 Å². The molecular formula is C7H18O4Si2. The van der Waals surface area contributed by atoms with Gasteiger partial charge >= 0.3 is 0 Å². The second-order valence-corrected chi connectivity index (χ2v) is 12.6. The van der Waals surface area contributed by atoms with Crippen molar-refractivity contribution in [3.05, 3.63) is 0 Å². The molecule has 0 spiro atoms. The molecule has 1 N–H and O–H groups in total. The molecule has 0 aliphatic rings. The Morgan fingerprint density at radius 1 is 1.23 bits per heavy atom. The number of carbonyl (C=O) groups excluding carboxylic acids is 1. The molecule has 0 aliphatic heterocycles. The Hall–Kier alpha value is -0.176. The van der Waals surface area contributed by atoms with Gasteiger partial charge in [0.2, 0.25) is 8.32 Å². The van der Waals surface area contributed by atoms with Gasteiger partial charge in [0.25, 0.3) is 6.47 Å². The van der Waals surface area contributed by atoms with E-state index in [0.29, 0.717) is 12.7 Å². The molecule has 0 rings (SSSR count). The SMILES string of the molecule is C[Si](C)(CO)O[Si](C)(C)COC=O. The summed E-state index contributed by atoms with van der Waals surface area (Å²) in [5.41, 5.74) is 0. The molecule has 6 heteroatoms. The first-order chi connectivity index (χ1) is 5.83. The molecule has 78 valence electrons. The summed E-state index contributed by atoms with van der Waals surface area (Å²) in [4.78, 5) is 9.99. The zero-order valence-electron chi connectivity index (χ0n) is 8.66. The molecule has 0 aromatic rings. The van der Waals surface area contributed by atoms with Crippen LogP contribution < -0.4 is 0 Å². The number of aliphatic hydroxyl groups excluding tert-OH is 1. The maximum Gasteiger partial charge on any atom is 0.292 e. The van der Waals surface area contributed by atoms with Crippen LogP contribution in [0, 0.1) is 0 Å². The summed E-state index contributed by atoms with van der Waals surface area (Å²) in [7, 11) is -3.87. The van der Waals surface area contributed by atoms with Crippen LogP contribution in [0.3, 0.4) is 0 Å². The number of aliphatic hydroxyl groups is 1. The van der Waals surface area contributed by atoms with Gasteiger partial charge in [-0.2, -0.15) is 0 Å². The van der Waals surface area contributed by atoms with Gasteiger partial charge in [-0.25, -0.2) is 0 Å². The summed E-state index contributed by atoms with van der Waals surface area (Å²) in [5, 5.41) is 9.03. The Labute approximate surface area is 81.1 Å². The molecule has 0 fully saturated rings. The lowest BCUT2D eigenvalue weighted by atomic mass is 11.5. The third-order valence-electron chi connectivity index (χ3n) is 1.43. The monoisotopic (exact) mass is 222 g/mol. The topological polar surface area (TPSA) is 55.8 Å². The molecular weight excluding hydrogens is 204 g/mol. The van der Waals surface area contributed by atoms with Crippen molar-refractivity contribution in [1.82, 2.24) is 0 Å². The van der Waals surface area contributed by atoms with Crippen molar-refractivity contribution >= 4 is 23.1 Å². The largest absolute Gasteiger partial charge is 0.469 e. The van der Waals surface area contributed by atoms with Crippen molar-refractivity contribution in [2.45, 2.75) is 26.2 Å². The van der Waals surface area contributed by atoms with Crippen molar-refractivity contribution in [1.29, 1.82) is 0 Å². The smallest absolute Gasteiger partial charge is 0.292 e. The van der Waals surface area contributed by atoms with Crippen molar-refractivity contribution in [2.75, 3.05) is 12.5 Å². The fourth-order valence-corrected chi connectivity index (χ4v) is 7.99. The summed E-state index contributed by atoms with van der Waals surface area (Å²) < 4.78 is 10.5. The van der Waals surface area contributed by atoms with Crippen LogP contribution in [-0.4, -0.2) is 40.7 Å². The second kappa shape index (κ2) is 4.89. The maximum atomic E-state index is 9.99. The van der Waals surface area contributed by atoms with Gasteiger partial charge in [-0.15, -0.1) is 0 Å². The minimum atomic E-state index is -1.94. The minimum Gasteiger partial charge on any atom is -0.469 e. The lowest BCUT2D eigenvalue weighted by Gasteiger charge is -2.31. The van der Waals surface area contributed by atoms with Crippen LogP contribution in [-0.2, 0) is 13.6 Å². The van der Waals surface area contributed by atoms with Gasteiger partial charge in [0.1, 0.15) is 6.23 Å². The molecule has 0 aromatic carbocycles. The van der Waals surface area contributed by atoms with E-state index in [2.05, 4.69) is 4.74 Å². The number of carbonyl (C=O) groups is 1. The first-order valence-corrected chi connectivity index (χ1v) is 10.4. The average molecular weight is 222 g/mol. The number of rotatable bonds is 6. The van der Waals surface area contributed by atoms with Gasteiger partial charge in [0.15, 0.2) is 8.32 Å². The Balaban J connectivity index is 4.07. The number of hydrogen-bond donors (Lipinski definition) is 1. The molecule has 0 radical (unpaired) electrons. The van der Waals surface area contributed by atoms with Crippen molar-refractivity contribution in [3.63, 3.8) is 0 Å². The molecule has 0 atom stereocenters. The average Bonchev–Trinajstić information content (AvgIpc) is 1.99. The molecule has 0 bridgehead atoms. The quantitative estimate of drug-likeness (QED) is 0.530. The standard InChI is InChI=1S/C7H18O4Si2/c1-12(2,6-9)11-13(3,4)7-10-5-8/h5,9H,6-7H2,1-4H3. The third kappa shape index (κ3) is 5.97. The molecule has 0 saturated heterocycles. The highest BCUT2D eigenvalue weighted by molar-refractivity contribution is 6.84. The lowest BCUT2D eigenvalue weighted by molar-refractivity contribution is -0.127. The van der Waals surface area contributed by atoms with Gasteiger partial charge in [-0.3, -0.25) is 4.79 Å². The lowest BCUT2D eigenvalue weighted by Crippen LogP contribution is -2.49. The van der Waals surface area contributed by atoms with Gasteiger partial charge in [0, 0.05) is 0 Å². The zero-order valence-corrected chi connectivity index (χ0v) is 10.7. The molecule has 4 nitrogen and oxygen atoms in total. The van der Waals surface area contributed by atoms with E-state index in [4.69, 9.17) is 9.22 Å². The summed E-state index contributed by atoms with van der Waals surface area (Å²) in [6.07, 6.45) is 0.456. The van der Waals surface area contributed by atoms with Crippen molar-refractivity contribution in [3.8, 4) is 0 Å². The second-order valence-electron chi connectivity index (χ2n) is 4.19. The van der Waals surface area contributed by atoms with Gasteiger partial charge < -0.3 is 14.0 Å². The van der Waals surface area contributed by atoms with Crippen LogP contribution in [0.5, 0.6) is 0 Å². The predicted octanol–water partition coefficient (Wildman–Crippen LogP) is 0.657. The van der Waals surface area contributed by atoms with E-state index in [1.807, 2.05) is 26.2 Å². The summed E-state index contributed by atoms with van der Waals surface area (Å²) in [6, 6.07) is 0. The molecule has 0 heterocycles. The summed E-state index contributed by atoms with van der Waals surface area (Å²) >= 11 is 0. The molecule has 0 aliphatic carbocycles. The van der Waals surface area contributed by atoms with E-state index in [0.717, 1.165) is 0 Å². The highest BCUT2D eigenvalue weighted by atomic mass is 28.4. The van der Waals surface area contributed by atoms with E-state index < -0.39 is 16.6 Å². The fourth-order valence-electron chi connectivity index (χ4n) is 1.04. The van der Waals surface area contributed by atoms with Crippen LogP contribution >= 0.6 is 0 Å². The molecule has 0 unspecified atom stereocenters. The van der Waals surface area contributed by atoms with Crippen LogP contribution in [0.1, 0.15) is 0 Å². The van der Waals surface area contributed by atoms with Gasteiger partial charge in [-0.05, 0) is 26.2 Å². The van der Waals surface area contributed by atoms with Gasteiger partial charge in [0.05, 0.1) is 6.23 Å². The van der Waals surface area contributed by atoms with Crippen LogP contribution in [0.4, 0.5) is 0 Å². The Morgan fingerprint density at radius 2 is 1.77 bits per heavy atom. The van der Waals surface area contributed by atoms with Crippen LogP contribution in [0.15, 0.2) is 0 Å². The summed E-state index contributed by atoms with van der Waals surface area (Å²) in [5.74, 6) is 0. The normalized spacial score (nSPS) is 12.7. The fraction of sp³-hybridized carbons (Fsp3) is 0.857. The Kier molecular flexibility index (Phi) is 4.83. The molecule has 0 amide bonds. The van der Waals surface area contributed by atoms with Crippen LogP contribution in [0.2, 0.25) is 26.2 Å². The Morgan fingerprint density at radius 3 is 2.15 bits per heavy atom. The Bertz CT molecular complexity index is 170. The maximum absolute atomic E-state index is 9.99. The zero-order chi connectivity index (χ0) is 10.5. The summed E-state index contributed by atoms with van der Waals surface area (Å²) in [6.45, 7) is 8.28. The predicted molar refractivity (Wildman–Crippen MR) is 55.2 cm³/mol. The molecule has 0 saturated carbocycles. The first-order valence-electron chi connectivity index (χ1n) is 4.19. The number of hydrogen-bond acceptors (Lipinski definition) is 4. The minimum absolute atomic E-state index is 0.102. The van der Waals surface area contributed by atoms with E-state index in [-0.39, 0.29) is 6.23 Å². The van der Waals surface area contributed by atoms with E-state index in [9.17, 15) is 4.79 Å². The highest BCUT2D eigenvalue weighted by Gasteiger charge is 2.33. The molecule has 13 heavy (non-hydrogen) atoms. The number of ether oxygens (including phenoxy) is 1. The third-order valence-corrected chi connectivity index (χ3v) is 7.48.